The number of amides is 1. The summed E-state index contributed by atoms with van der Waals surface area (Å²) in [5.74, 6) is -0.0513. The van der Waals surface area contributed by atoms with Gasteiger partial charge in [0.15, 0.2) is 0 Å². The third-order valence-electron chi connectivity index (χ3n) is 5.59. The molecule has 2 aromatic carbocycles. The largest absolute Gasteiger partial charge is 0.495 e. The van der Waals surface area contributed by atoms with Gasteiger partial charge in [-0.05, 0) is 43.3 Å². The van der Waals surface area contributed by atoms with Gasteiger partial charge in [-0.1, -0.05) is 17.7 Å². The lowest BCUT2D eigenvalue weighted by Gasteiger charge is -2.39. The third-order valence-corrected chi connectivity index (χ3v) is 7.12. The van der Waals surface area contributed by atoms with Gasteiger partial charge in [0.1, 0.15) is 11.8 Å². The maximum atomic E-state index is 13.2. The van der Waals surface area contributed by atoms with E-state index >= 15 is 0 Å². The summed E-state index contributed by atoms with van der Waals surface area (Å²) >= 11 is 6.15. The molecule has 1 fully saturated rings. The maximum absolute atomic E-state index is 13.2. The summed E-state index contributed by atoms with van der Waals surface area (Å²) in [6, 6.07) is 8.41. The molecule has 1 saturated heterocycles. The fraction of sp³-hybridized carbons (Fsp3) is 0.409. The monoisotopic (exact) mass is 519 g/mol. The number of alkyl halides is 3. The first-order chi connectivity index (χ1) is 15.8. The van der Waals surface area contributed by atoms with Gasteiger partial charge in [0, 0.05) is 31.9 Å². The first-order valence-corrected chi connectivity index (χ1v) is 12.6. The number of carbonyl (C=O) groups is 1. The van der Waals surface area contributed by atoms with Crippen molar-refractivity contribution in [3.8, 4) is 5.75 Å². The second-order valence-electron chi connectivity index (χ2n) is 7.91. The van der Waals surface area contributed by atoms with Gasteiger partial charge in [0.05, 0.1) is 29.6 Å². The van der Waals surface area contributed by atoms with Crippen molar-refractivity contribution in [1.29, 1.82) is 0 Å². The lowest BCUT2D eigenvalue weighted by atomic mass is 10.1. The normalized spacial score (nSPS) is 15.7. The van der Waals surface area contributed by atoms with Gasteiger partial charge in [-0.25, -0.2) is 8.42 Å². The maximum Gasteiger partial charge on any atom is 0.416 e. The van der Waals surface area contributed by atoms with E-state index in [1.165, 1.54) is 43.2 Å². The van der Waals surface area contributed by atoms with E-state index in [-0.39, 0.29) is 23.8 Å². The number of carbonyl (C=O) groups excluding carboxylic acids is 1. The number of methoxy groups -OCH3 is 1. The highest BCUT2D eigenvalue weighted by atomic mass is 35.5. The number of hydrogen-bond donors (Lipinski definition) is 0. The minimum Gasteiger partial charge on any atom is -0.495 e. The van der Waals surface area contributed by atoms with E-state index in [0.29, 0.717) is 24.5 Å². The Morgan fingerprint density at radius 1 is 1.12 bits per heavy atom. The van der Waals surface area contributed by atoms with Crippen LogP contribution < -0.4 is 13.9 Å². The lowest BCUT2D eigenvalue weighted by Crippen LogP contribution is -2.55. The van der Waals surface area contributed by atoms with E-state index in [1.807, 2.05) is 0 Å². The van der Waals surface area contributed by atoms with Crippen LogP contribution in [-0.4, -0.2) is 64.8 Å². The Morgan fingerprint density at radius 3 is 2.29 bits per heavy atom. The molecule has 34 heavy (non-hydrogen) atoms. The van der Waals surface area contributed by atoms with Crippen LogP contribution in [0.2, 0.25) is 5.02 Å². The van der Waals surface area contributed by atoms with E-state index in [0.717, 1.165) is 22.7 Å². The molecule has 186 valence electrons. The predicted octanol–water partition coefficient (Wildman–Crippen LogP) is 3.87. The molecule has 0 radical (unpaired) electrons. The Bertz CT molecular complexity index is 1150. The van der Waals surface area contributed by atoms with E-state index < -0.39 is 33.7 Å². The minimum atomic E-state index is -4.44. The van der Waals surface area contributed by atoms with Gasteiger partial charge in [0.2, 0.25) is 15.9 Å². The summed E-state index contributed by atoms with van der Waals surface area (Å²) in [4.78, 5) is 16.5. The van der Waals surface area contributed by atoms with Crippen molar-refractivity contribution in [3.63, 3.8) is 0 Å². The molecule has 0 bridgehead atoms. The Kier molecular flexibility index (Phi) is 7.56. The molecule has 0 N–H and O–H groups in total. The molecule has 0 unspecified atom stereocenters. The number of anilines is 2. The van der Waals surface area contributed by atoms with Crippen LogP contribution in [-0.2, 0) is 21.0 Å². The van der Waals surface area contributed by atoms with Crippen molar-refractivity contribution in [1.82, 2.24) is 4.90 Å². The molecule has 2 aromatic rings. The van der Waals surface area contributed by atoms with Crippen LogP contribution in [0, 0.1) is 0 Å². The minimum absolute atomic E-state index is 0.197. The zero-order valence-electron chi connectivity index (χ0n) is 18.8. The summed E-state index contributed by atoms with van der Waals surface area (Å²) in [5, 5.41) is 0.197. The zero-order valence-corrected chi connectivity index (χ0v) is 20.4. The van der Waals surface area contributed by atoms with Crippen molar-refractivity contribution in [2.75, 3.05) is 48.7 Å². The van der Waals surface area contributed by atoms with Crippen molar-refractivity contribution in [2.45, 2.75) is 19.1 Å². The van der Waals surface area contributed by atoms with Crippen LogP contribution in [0.4, 0.5) is 24.5 Å². The molecule has 3 rings (SSSR count). The highest BCUT2D eigenvalue weighted by molar-refractivity contribution is 7.92. The number of halogens is 4. The SMILES string of the molecule is COc1ccc(N([C@H](C)C(=O)N2CCN(c3cccc(C(F)(F)F)c3)CC2)S(C)(=O)=O)cc1Cl. The molecule has 1 atom stereocenters. The number of nitrogens with zero attached hydrogens (tertiary/aromatic N) is 3. The van der Waals surface area contributed by atoms with Crippen molar-refractivity contribution in [3.05, 3.63) is 53.1 Å². The Labute approximate surface area is 201 Å². The Hall–Kier alpha value is -2.66. The van der Waals surface area contributed by atoms with Crippen LogP contribution in [0.3, 0.4) is 0 Å². The highest BCUT2D eigenvalue weighted by Crippen LogP contribution is 2.33. The summed E-state index contributed by atoms with van der Waals surface area (Å²) < 4.78 is 70.3. The molecule has 0 aromatic heterocycles. The predicted molar refractivity (Wildman–Crippen MR) is 125 cm³/mol. The summed E-state index contributed by atoms with van der Waals surface area (Å²) in [6.07, 6.45) is -3.44. The van der Waals surface area contributed by atoms with Crippen LogP contribution in [0.25, 0.3) is 0 Å². The van der Waals surface area contributed by atoms with Gasteiger partial charge < -0.3 is 14.5 Å². The topological polar surface area (TPSA) is 70.2 Å². The second-order valence-corrected chi connectivity index (χ2v) is 10.2. The van der Waals surface area contributed by atoms with Crippen LogP contribution in [0.5, 0.6) is 5.75 Å². The fourth-order valence-corrected chi connectivity index (χ4v) is 5.34. The smallest absolute Gasteiger partial charge is 0.416 e. The molecule has 0 spiro atoms. The third kappa shape index (κ3) is 5.69. The number of sulfonamides is 1. The number of ether oxygens (including phenoxy) is 1. The molecule has 12 heteroatoms. The van der Waals surface area contributed by atoms with Crippen LogP contribution in [0.1, 0.15) is 12.5 Å². The summed E-state index contributed by atoms with van der Waals surface area (Å²) in [5.41, 5.74) is -0.101. The molecule has 1 heterocycles. The van der Waals surface area contributed by atoms with Crippen molar-refractivity contribution in [2.24, 2.45) is 0 Å². The van der Waals surface area contributed by atoms with Crippen LogP contribution >= 0.6 is 11.6 Å². The standard InChI is InChI=1S/C22H25ClF3N3O4S/c1-15(29(34(3,31)32)18-7-8-20(33-2)19(23)14-18)21(30)28-11-9-27(10-12-28)17-6-4-5-16(13-17)22(24,25)26/h4-8,13-15H,9-12H2,1-3H3/t15-/m1/s1. The van der Waals surface area contributed by atoms with Crippen molar-refractivity contribution >= 4 is 38.9 Å². The first-order valence-electron chi connectivity index (χ1n) is 10.4. The Balaban J connectivity index is 1.75. The van der Waals surface area contributed by atoms with Crippen molar-refractivity contribution < 1.29 is 31.1 Å². The van der Waals surface area contributed by atoms with Gasteiger partial charge in [-0.15, -0.1) is 0 Å². The van der Waals surface area contributed by atoms with Crippen LogP contribution in [0.15, 0.2) is 42.5 Å². The molecule has 0 saturated carbocycles. The van der Waals surface area contributed by atoms with Gasteiger partial charge in [-0.3, -0.25) is 9.10 Å². The number of rotatable bonds is 6. The van der Waals surface area contributed by atoms with E-state index in [9.17, 15) is 26.4 Å². The number of hydrogen-bond acceptors (Lipinski definition) is 5. The highest BCUT2D eigenvalue weighted by Gasteiger charge is 2.34. The molecular formula is C22H25ClF3N3O4S. The second kappa shape index (κ2) is 9.91. The zero-order chi connectivity index (χ0) is 25.3. The summed E-state index contributed by atoms with van der Waals surface area (Å²) in [7, 11) is -2.41. The summed E-state index contributed by atoms with van der Waals surface area (Å²) in [6.45, 7) is 2.58. The van der Waals surface area contributed by atoms with Gasteiger partial charge in [-0.2, -0.15) is 13.2 Å². The molecular weight excluding hydrogens is 495 g/mol. The van der Waals surface area contributed by atoms with E-state index in [2.05, 4.69) is 0 Å². The molecule has 1 amide bonds. The fourth-order valence-electron chi connectivity index (χ4n) is 3.92. The van der Waals surface area contributed by atoms with Gasteiger partial charge in [0.25, 0.3) is 0 Å². The molecule has 1 aliphatic heterocycles. The quantitative estimate of drug-likeness (QED) is 0.579. The molecule has 7 nitrogen and oxygen atoms in total. The Morgan fingerprint density at radius 2 is 1.76 bits per heavy atom. The molecule has 0 aliphatic carbocycles. The average Bonchev–Trinajstić information content (AvgIpc) is 2.77. The lowest BCUT2D eigenvalue weighted by molar-refractivity contribution is -0.137. The number of piperazine rings is 1. The molecule has 1 aliphatic rings. The van der Waals surface area contributed by atoms with Gasteiger partial charge >= 0.3 is 6.18 Å². The number of benzene rings is 2. The van der Waals surface area contributed by atoms with E-state index in [4.69, 9.17) is 16.3 Å². The first kappa shape index (κ1) is 26.0. The van der Waals surface area contributed by atoms with E-state index in [1.54, 1.807) is 11.0 Å². The average molecular weight is 520 g/mol.